The number of carbonyl (C=O) groups excluding carboxylic acids is 1. The number of hydrogen-bond acceptors (Lipinski definition) is 1. The SMILES string of the molecule is Cc1ccc([C@H](NC(=O)c2ccc(Cl)cc2F)c2ccccc2)c(C)c1. The number of carbonyl (C=O) groups is 1. The third kappa shape index (κ3) is 3.94. The van der Waals surface area contributed by atoms with Crippen LogP contribution in [0.4, 0.5) is 4.39 Å². The lowest BCUT2D eigenvalue weighted by atomic mass is 9.93. The van der Waals surface area contributed by atoms with Crippen molar-refractivity contribution < 1.29 is 9.18 Å². The van der Waals surface area contributed by atoms with E-state index in [9.17, 15) is 9.18 Å². The Hall–Kier alpha value is -2.65. The molecule has 0 heterocycles. The van der Waals surface area contributed by atoms with Gasteiger partial charge in [0.05, 0.1) is 11.6 Å². The quantitative estimate of drug-likeness (QED) is 0.637. The maximum absolute atomic E-state index is 14.1. The molecule has 0 bridgehead atoms. The van der Waals surface area contributed by atoms with Crippen molar-refractivity contribution in [2.24, 2.45) is 0 Å². The Balaban J connectivity index is 2.00. The van der Waals surface area contributed by atoms with Gasteiger partial charge < -0.3 is 5.32 Å². The molecule has 3 aromatic carbocycles. The molecule has 1 N–H and O–H groups in total. The summed E-state index contributed by atoms with van der Waals surface area (Å²) >= 11 is 5.78. The Morgan fingerprint density at radius 2 is 1.73 bits per heavy atom. The molecule has 0 aliphatic carbocycles. The molecule has 0 saturated heterocycles. The van der Waals surface area contributed by atoms with Crippen LogP contribution in [0.3, 0.4) is 0 Å². The van der Waals surface area contributed by atoms with Gasteiger partial charge in [0.2, 0.25) is 0 Å². The lowest BCUT2D eigenvalue weighted by Gasteiger charge is -2.22. The third-order valence-electron chi connectivity index (χ3n) is 4.32. The number of amides is 1. The second kappa shape index (κ2) is 7.71. The normalized spacial score (nSPS) is 11.8. The number of halogens is 2. The first-order chi connectivity index (χ1) is 12.5. The van der Waals surface area contributed by atoms with E-state index in [1.807, 2.05) is 56.3 Å². The number of nitrogens with one attached hydrogen (secondary N) is 1. The van der Waals surface area contributed by atoms with Gasteiger partial charge in [-0.05, 0) is 48.7 Å². The standard InChI is InChI=1S/C22H19ClFNO/c1-14-8-10-18(15(2)12-14)21(16-6-4-3-5-7-16)25-22(26)19-11-9-17(23)13-20(19)24/h3-13,21H,1-2H3,(H,25,26)/t21-/m1/s1. The number of hydrogen-bond donors (Lipinski definition) is 1. The van der Waals surface area contributed by atoms with E-state index in [4.69, 9.17) is 11.6 Å². The van der Waals surface area contributed by atoms with Crippen molar-refractivity contribution in [3.8, 4) is 0 Å². The Kier molecular flexibility index (Phi) is 5.38. The Morgan fingerprint density at radius 1 is 1.00 bits per heavy atom. The molecule has 0 aliphatic heterocycles. The first kappa shape index (κ1) is 18.2. The highest BCUT2D eigenvalue weighted by molar-refractivity contribution is 6.30. The highest BCUT2D eigenvalue weighted by Crippen LogP contribution is 2.26. The second-order valence-corrected chi connectivity index (χ2v) is 6.74. The Morgan fingerprint density at radius 3 is 2.38 bits per heavy atom. The molecule has 0 unspecified atom stereocenters. The van der Waals surface area contributed by atoms with Crippen molar-refractivity contribution in [1.82, 2.24) is 5.32 Å². The van der Waals surface area contributed by atoms with Gasteiger partial charge in [-0.25, -0.2) is 4.39 Å². The molecule has 0 radical (unpaired) electrons. The first-order valence-electron chi connectivity index (χ1n) is 8.33. The van der Waals surface area contributed by atoms with Crippen LogP contribution in [0.15, 0.2) is 66.7 Å². The average Bonchev–Trinajstić information content (AvgIpc) is 2.61. The number of rotatable bonds is 4. The van der Waals surface area contributed by atoms with E-state index in [1.54, 1.807) is 0 Å². The van der Waals surface area contributed by atoms with E-state index in [-0.39, 0.29) is 16.6 Å². The molecule has 0 aliphatic rings. The van der Waals surface area contributed by atoms with Crippen molar-refractivity contribution in [3.63, 3.8) is 0 Å². The zero-order chi connectivity index (χ0) is 18.7. The van der Waals surface area contributed by atoms with Crippen molar-refractivity contribution in [1.29, 1.82) is 0 Å². The molecular formula is C22H19ClFNO. The van der Waals surface area contributed by atoms with Crippen LogP contribution in [0.2, 0.25) is 5.02 Å². The van der Waals surface area contributed by atoms with Gasteiger partial charge in [-0.1, -0.05) is 65.7 Å². The minimum Gasteiger partial charge on any atom is -0.341 e. The molecule has 0 spiro atoms. The lowest BCUT2D eigenvalue weighted by molar-refractivity contribution is 0.0939. The predicted molar refractivity (Wildman–Crippen MR) is 103 cm³/mol. The maximum atomic E-state index is 14.1. The topological polar surface area (TPSA) is 29.1 Å². The minimum atomic E-state index is -0.637. The van der Waals surface area contributed by atoms with Crippen molar-refractivity contribution >= 4 is 17.5 Å². The zero-order valence-corrected chi connectivity index (χ0v) is 15.3. The maximum Gasteiger partial charge on any atom is 0.255 e. The fourth-order valence-electron chi connectivity index (χ4n) is 3.02. The van der Waals surface area contributed by atoms with Crippen LogP contribution in [0.25, 0.3) is 0 Å². The summed E-state index contributed by atoms with van der Waals surface area (Å²) in [5.74, 6) is -1.12. The van der Waals surface area contributed by atoms with E-state index in [1.165, 1.54) is 12.1 Å². The molecule has 1 atom stereocenters. The average molecular weight is 368 g/mol. The van der Waals surface area contributed by atoms with E-state index in [2.05, 4.69) is 11.4 Å². The van der Waals surface area contributed by atoms with Gasteiger partial charge in [0.1, 0.15) is 5.82 Å². The van der Waals surface area contributed by atoms with Gasteiger partial charge in [-0.2, -0.15) is 0 Å². The van der Waals surface area contributed by atoms with E-state index in [0.717, 1.165) is 28.3 Å². The summed E-state index contributed by atoms with van der Waals surface area (Å²) < 4.78 is 14.1. The van der Waals surface area contributed by atoms with Crippen LogP contribution in [-0.4, -0.2) is 5.91 Å². The van der Waals surface area contributed by atoms with Crippen LogP contribution in [0, 0.1) is 19.7 Å². The zero-order valence-electron chi connectivity index (χ0n) is 14.6. The predicted octanol–water partition coefficient (Wildman–Crippen LogP) is 5.62. The minimum absolute atomic E-state index is 0.0277. The molecule has 2 nitrogen and oxygen atoms in total. The van der Waals surface area contributed by atoms with Crippen LogP contribution in [0.1, 0.15) is 38.7 Å². The largest absolute Gasteiger partial charge is 0.341 e. The summed E-state index contributed by atoms with van der Waals surface area (Å²) in [6.45, 7) is 4.03. The molecular weight excluding hydrogens is 349 g/mol. The highest BCUT2D eigenvalue weighted by Gasteiger charge is 2.21. The molecule has 0 saturated carbocycles. The molecule has 3 rings (SSSR count). The Bertz CT molecular complexity index is 940. The molecule has 3 aromatic rings. The van der Waals surface area contributed by atoms with E-state index >= 15 is 0 Å². The highest BCUT2D eigenvalue weighted by atomic mass is 35.5. The van der Waals surface area contributed by atoms with Crippen molar-refractivity contribution in [3.05, 3.63) is 105 Å². The number of aryl methyl sites for hydroxylation is 2. The van der Waals surface area contributed by atoms with Crippen molar-refractivity contribution in [2.75, 3.05) is 0 Å². The van der Waals surface area contributed by atoms with Gasteiger partial charge in [0.25, 0.3) is 5.91 Å². The van der Waals surface area contributed by atoms with E-state index < -0.39 is 11.7 Å². The summed E-state index contributed by atoms with van der Waals surface area (Å²) in [7, 11) is 0. The Labute approximate surface area is 157 Å². The van der Waals surface area contributed by atoms with Crippen LogP contribution < -0.4 is 5.32 Å². The molecule has 132 valence electrons. The molecule has 26 heavy (non-hydrogen) atoms. The first-order valence-corrected chi connectivity index (χ1v) is 8.71. The fraction of sp³-hybridized carbons (Fsp3) is 0.136. The summed E-state index contributed by atoms with van der Waals surface area (Å²) in [6.07, 6.45) is 0. The summed E-state index contributed by atoms with van der Waals surface area (Å²) in [4.78, 5) is 12.7. The smallest absolute Gasteiger partial charge is 0.255 e. The summed E-state index contributed by atoms with van der Waals surface area (Å²) in [5.41, 5.74) is 4.09. The van der Waals surface area contributed by atoms with E-state index in [0.29, 0.717) is 0 Å². The summed E-state index contributed by atoms with van der Waals surface area (Å²) in [5, 5.41) is 3.22. The third-order valence-corrected chi connectivity index (χ3v) is 4.56. The molecule has 1 amide bonds. The van der Waals surface area contributed by atoms with Gasteiger partial charge in [-0.3, -0.25) is 4.79 Å². The number of benzene rings is 3. The van der Waals surface area contributed by atoms with Crippen LogP contribution in [0.5, 0.6) is 0 Å². The van der Waals surface area contributed by atoms with Gasteiger partial charge in [0.15, 0.2) is 0 Å². The van der Waals surface area contributed by atoms with Crippen LogP contribution in [-0.2, 0) is 0 Å². The van der Waals surface area contributed by atoms with Gasteiger partial charge >= 0.3 is 0 Å². The van der Waals surface area contributed by atoms with Crippen molar-refractivity contribution in [2.45, 2.75) is 19.9 Å². The second-order valence-electron chi connectivity index (χ2n) is 6.30. The van der Waals surface area contributed by atoms with Crippen LogP contribution >= 0.6 is 11.6 Å². The molecule has 0 aromatic heterocycles. The lowest BCUT2D eigenvalue weighted by Crippen LogP contribution is -2.30. The molecule has 4 heteroatoms. The summed E-state index contributed by atoms with van der Waals surface area (Å²) in [6, 6.07) is 19.4. The fourth-order valence-corrected chi connectivity index (χ4v) is 3.18. The molecule has 0 fully saturated rings. The van der Waals surface area contributed by atoms with Gasteiger partial charge in [-0.15, -0.1) is 0 Å². The van der Waals surface area contributed by atoms with Gasteiger partial charge in [0, 0.05) is 5.02 Å². The monoisotopic (exact) mass is 367 g/mol.